The average molecular weight is 396 g/mol. The maximum absolute atomic E-state index is 14.1. The maximum Gasteiger partial charge on any atom is 0.318 e. The van der Waals surface area contributed by atoms with E-state index in [0.29, 0.717) is 18.9 Å². The number of rotatable bonds is 10. The molecule has 0 aromatic heterocycles. The van der Waals surface area contributed by atoms with Gasteiger partial charge in [0.05, 0.1) is 16.3 Å². The average Bonchev–Trinajstić information content (AvgIpc) is 2.48. The normalized spacial score (nSPS) is 12.3. The summed E-state index contributed by atoms with van der Waals surface area (Å²) in [7, 11) is -7.94. The van der Waals surface area contributed by atoms with Crippen molar-refractivity contribution >= 4 is 31.7 Å². The van der Waals surface area contributed by atoms with Gasteiger partial charge >= 0.3 is 5.97 Å². The molecule has 0 aliphatic carbocycles. The van der Waals surface area contributed by atoms with Crippen LogP contribution in [0, 0.1) is 5.82 Å². The van der Waals surface area contributed by atoms with Crippen LogP contribution in [0.1, 0.15) is 26.7 Å². The molecule has 0 aliphatic rings. The molecule has 8 nitrogen and oxygen atoms in total. The van der Waals surface area contributed by atoms with E-state index in [0.717, 1.165) is 16.4 Å². The minimum absolute atomic E-state index is 0.0405. The Morgan fingerprint density at radius 1 is 1.20 bits per heavy atom. The van der Waals surface area contributed by atoms with Gasteiger partial charge in [-0.1, -0.05) is 13.8 Å². The van der Waals surface area contributed by atoms with Crippen molar-refractivity contribution in [1.29, 1.82) is 0 Å². The second kappa shape index (κ2) is 8.59. The quantitative estimate of drug-likeness (QED) is 0.618. The highest BCUT2D eigenvalue weighted by Gasteiger charge is 2.27. The predicted octanol–water partition coefficient (Wildman–Crippen LogP) is 1.46. The number of carboxylic acid groups (broad SMARTS) is 1. The number of carboxylic acids is 1. The van der Waals surface area contributed by atoms with E-state index in [1.165, 1.54) is 0 Å². The molecule has 1 rings (SSSR count). The van der Waals surface area contributed by atoms with Gasteiger partial charge in [-0.2, -0.15) is 4.31 Å². The van der Waals surface area contributed by atoms with Gasteiger partial charge in [0.15, 0.2) is 0 Å². The van der Waals surface area contributed by atoms with E-state index >= 15 is 0 Å². The molecular formula is C14H21FN2O6S2. The summed E-state index contributed by atoms with van der Waals surface area (Å²) in [4.78, 5) is 10.4. The summed E-state index contributed by atoms with van der Waals surface area (Å²) in [6.07, 6.45) is 0.717. The van der Waals surface area contributed by atoms with E-state index in [4.69, 9.17) is 5.11 Å². The predicted molar refractivity (Wildman–Crippen MR) is 90.8 cm³/mol. The van der Waals surface area contributed by atoms with Crippen LogP contribution in [0.3, 0.4) is 0 Å². The summed E-state index contributed by atoms with van der Waals surface area (Å²) in [5, 5.41) is 8.84. The fourth-order valence-corrected chi connectivity index (χ4v) is 4.69. The standard InChI is InChI=1S/C14H21FN2O6S2/c1-3-7-17(10-14(18)19)25(22,23)11-5-6-13(12(15)9-11)16-24(20,21)8-4-2/h5-6,9,16H,3-4,7-8,10H2,1-2H3,(H,18,19). The summed E-state index contributed by atoms with van der Waals surface area (Å²) in [6.45, 7) is 2.54. The third kappa shape index (κ3) is 5.94. The second-order valence-electron chi connectivity index (χ2n) is 5.29. The fraction of sp³-hybridized carbons (Fsp3) is 0.500. The number of halogens is 1. The van der Waals surface area contributed by atoms with Gasteiger partial charge in [-0.05, 0) is 31.0 Å². The molecule has 142 valence electrons. The lowest BCUT2D eigenvalue weighted by atomic mass is 10.3. The number of benzene rings is 1. The fourth-order valence-electron chi connectivity index (χ4n) is 2.06. The molecule has 0 unspecified atom stereocenters. The Morgan fingerprint density at radius 3 is 2.32 bits per heavy atom. The summed E-state index contributed by atoms with van der Waals surface area (Å²) < 4.78 is 65.2. The lowest BCUT2D eigenvalue weighted by Gasteiger charge is -2.20. The summed E-state index contributed by atoms with van der Waals surface area (Å²) in [6, 6.07) is 2.71. The molecule has 0 radical (unpaired) electrons. The van der Waals surface area contributed by atoms with E-state index < -0.39 is 43.3 Å². The van der Waals surface area contributed by atoms with Gasteiger partial charge in [0, 0.05) is 6.54 Å². The number of anilines is 1. The molecule has 0 saturated heterocycles. The highest BCUT2D eigenvalue weighted by molar-refractivity contribution is 7.92. The number of aliphatic carboxylic acids is 1. The van der Waals surface area contributed by atoms with Crippen molar-refractivity contribution in [3.63, 3.8) is 0 Å². The van der Waals surface area contributed by atoms with Crippen LogP contribution in [0.25, 0.3) is 0 Å². The number of nitrogens with zero attached hydrogens (tertiary/aromatic N) is 1. The minimum atomic E-state index is -4.22. The van der Waals surface area contributed by atoms with E-state index in [9.17, 15) is 26.0 Å². The van der Waals surface area contributed by atoms with Crippen molar-refractivity contribution in [3.05, 3.63) is 24.0 Å². The van der Waals surface area contributed by atoms with Crippen LogP contribution in [0.2, 0.25) is 0 Å². The topological polar surface area (TPSA) is 121 Å². The van der Waals surface area contributed by atoms with Gasteiger partial charge in [0.25, 0.3) is 0 Å². The number of carbonyl (C=O) groups is 1. The molecule has 1 aromatic rings. The third-order valence-electron chi connectivity index (χ3n) is 3.10. The van der Waals surface area contributed by atoms with E-state index in [1.54, 1.807) is 13.8 Å². The molecule has 0 saturated carbocycles. The first-order valence-electron chi connectivity index (χ1n) is 7.55. The summed E-state index contributed by atoms with van der Waals surface area (Å²) in [5.41, 5.74) is -0.368. The largest absolute Gasteiger partial charge is 0.480 e. The molecule has 0 heterocycles. The van der Waals surface area contributed by atoms with Gasteiger partial charge < -0.3 is 5.11 Å². The molecule has 0 fully saturated rings. The zero-order valence-corrected chi connectivity index (χ0v) is 15.5. The molecule has 0 spiro atoms. The van der Waals surface area contributed by atoms with Crippen molar-refractivity contribution in [1.82, 2.24) is 4.31 Å². The Balaban J connectivity index is 3.18. The number of hydrogen-bond donors (Lipinski definition) is 2. The van der Waals surface area contributed by atoms with Crippen LogP contribution >= 0.6 is 0 Å². The molecule has 0 aliphatic heterocycles. The Bertz CT molecular complexity index is 824. The lowest BCUT2D eigenvalue weighted by molar-refractivity contribution is -0.137. The summed E-state index contributed by atoms with van der Waals surface area (Å²) in [5.74, 6) is -2.59. The molecule has 11 heteroatoms. The van der Waals surface area contributed by atoms with Crippen molar-refractivity contribution < 1.29 is 31.1 Å². The van der Waals surface area contributed by atoms with Gasteiger partial charge in [0.1, 0.15) is 12.4 Å². The molecule has 25 heavy (non-hydrogen) atoms. The molecule has 0 atom stereocenters. The second-order valence-corrected chi connectivity index (χ2v) is 9.07. The Morgan fingerprint density at radius 2 is 1.84 bits per heavy atom. The van der Waals surface area contributed by atoms with Crippen LogP contribution in [-0.2, 0) is 24.8 Å². The van der Waals surface area contributed by atoms with Crippen LogP contribution in [0.5, 0.6) is 0 Å². The highest BCUT2D eigenvalue weighted by Crippen LogP contribution is 2.23. The van der Waals surface area contributed by atoms with Gasteiger partial charge in [-0.25, -0.2) is 21.2 Å². The molecule has 0 bridgehead atoms. The van der Waals surface area contributed by atoms with E-state index in [1.807, 2.05) is 4.72 Å². The first-order chi connectivity index (χ1) is 11.5. The molecular weight excluding hydrogens is 375 g/mol. The van der Waals surface area contributed by atoms with Crippen LogP contribution in [0.15, 0.2) is 23.1 Å². The smallest absolute Gasteiger partial charge is 0.318 e. The summed E-state index contributed by atoms with van der Waals surface area (Å²) >= 11 is 0. The third-order valence-corrected chi connectivity index (χ3v) is 6.42. The highest BCUT2D eigenvalue weighted by atomic mass is 32.2. The molecule has 2 N–H and O–H groups in total. The van der Waals surface area contributed by atoms with E-state index in [2.05, 4.69) is 0 Å². The van der Waals surface area contributed by atoms with E-state index in [-0.39, 0.29) is 18.0 Å². The van der Waals surface area contributed by atoms with Gasteiger partial charge in [-0.3, -0.25) is 9.52 Å². The first-order valence-corrected chi connectivity index (χ1v) is 10.6. The Hall–Kier alpha value is -1.72. The van der Waals surface area contributed by atoms with Crippen molar-refractivity contribution in [2.75, 3.05) is 23.6 Å². The molecule has 0 amide bonds. The lowest BCUT2D eigenvalue weighted by Crippen LogP contribution is -2.36. The maximum atomic E-state index is 14.1. The zero-order chi connectivity index (χ0) is 19.3. The number of nitrogens with one attached hydrogen (secondary N) is 1. The molecule has 1 aromatic carbocycles. The number of sulfonamides is 2. The van der Waals surface area contributed by atoms with Crippen molar-refractivity contribution in [2.24, 2.45) is 0 Å². The Kier molecular flexibility index (Phi) is 7.32. The van der Waals surface area contributed by atoms with Crippen LogP contribution in [-0.4, -0.2) is 51.1 Å². The Labute approximate surface area is 146 Å². The van der Waals surface area contributed by atoms with Crippen molar-refractivity contribution in [3.8, 4) is 0 Å². The zero-order valence-electron chi connectivity index (χ0n) is 13.9. The van der Waals surface area contributed by atoms with Crippen LogP contribution in [0.4, 0.5) is 10.1 Å². The van der Waals surface area contributed by atoms with Gasteiger partial charge in [0.2, 0.25) is 20.0 Å². The van der Waals surface area contributed by atoms with Crippen molar-refractivity contribution in [2.45, 2.75) is 31.6 Å². The minimum Gasteiger partial charge on any atom is -0.480 e. The van der Waals surface area contributed by atoms with Gasteiger partial charge in [-0.15, -0.1) is 0 Å². The van der Waals surface area contributed by atoms with Crippen LogP contribution < -0.4 is 4.72 Å². The monoisotopic (exact) mass is 396 g/mol. The number of hydrogen-bond acceptors (Lipinski definition) is 5. The SMILES string of the molecule is CCCN(CC(=O)O)S(=O)(=O)c1ccc(NS(=O)(=O)CCC)c(F)c1. The first kappa shape index (κ1) is 21.3.